The van der Waals surface area contributed by atoms with E-state index < -0.39 is 11.9 Å². The number of hydrogen-bond donors (Lipinski definition) is 1. The molecule has 0 radical (unpaired) electrons. The average Bonchev–Trinajstić information content (AvgIpc) is 3.07. The number of aliphatic carboxylic acids is 1. The molecule has 9 heteroatoms. The minimum atomic E-state index is -0.972. The van der Waals surface area contributed by atoms with E-state index in [1.54, 1.807) is 22.9 Å². The Bertz CT molecular complexity index is 994. The lowest BCUT2D eigenvalue weighted by Crippen LogP contribution is -2.33. The van der Waals surface area contributed by atoms with Crippen LogP contribution in [0.4, 0.5) is 0 Å². The third kappa shape index (κ3) is 3.41. The van der Waals surface area contributed by atoms with Crippen LogP contribution in [-0.2, 0) is 25.7 Å². The van der Waals surface area contributed by atoms with E-state index in [-0.39, 0.29) is 29.8 Å². The van der Waals surface area contributed by atoms with Crippen molar-refractivity contribution in [3.05, 3.63) is 41.7 Å². The van der Waals surface area contributed by atoms with Gasteiger partial charge in [-0.1, -0.05) is 18.2 Å². The third-order valence-corrected chi connectivity index (χ3v) is 4.76. The van der Waals surface area contributed by atoms with Crippen LogP contribution in [-0.4, -0.2) is 63.1 Å². The molecule has 1 aliphatic heterocycles. The van der Waals surface area contributed by atoms with Crippen LogP contribution >= 0.6 is 12.2 Å². The maximum Gasteiger partial charge on any atom is 0.325 e. The summed E-state index contributed by atoms with van der Waals surface area (Å²) in [7, 11) is 2.79. The fourth-order valence-corrected chi connectivity index (χ4v) is 3.20. The number of amides is 1. The quantitative estimate of drug-likeness (QED) is 0.470. The van der Waals surface area contributed by atoms with Gasteiger partial charge in [0.2, 0.25) is 0 Å². The van der Waals surface area contributed by atoms with Crippen molar-refractivity contribution < 1.29 is 24.2 Å². The summed E-state index contributed by atoms with van der Waals surface area (Å²) in [6, 6.07) is 7.28. The molecule has 1 N–H and O–H groups in total. The maximum atomic E-state index is 12.6. The highest BCUT2D eigenvalue weighted by Gasteiger charge is 2.37. The van der Waals surface area contributed by atoms with E-state index >= 15 is 0 Å². The molecule has 2 aromatic rings. The van der Waals surface area contributed by atoms with Crippen molar-refractivity contribution >= 4 is 52.2 Å². The van der Waals surface area contributed by atoms with Crippen molar-refractivity contribution in [2.75, 3.05) is 20.7 Å². The van der Waals surface area contributed by atoms with E-state index in [4.69, 9.17) is 17.3 Å². The molecule has 0 saturated carbocycles. The minimum Gasteiger partial charge on any atom is -0.480 e. The summed E-state index contributed by atoms with van der Waals surface area (Å²) < 4.78 is 6.27. The van der Waals surface area contributed by atoms with E-state index in [1.165, 1.54) is 24.0 Å². The zero-order valence-corrected chi connectivity index (χ0v) is 15.5. The van der Waals surface area contributed by atoms with Crippen LogP contribution < -0.4 is 0 Å². The van der Waals surface area contributed by atoms with Crippen molar-refractivity contribution in [1.82, 2.24) is 14.4 Å². The van der Waals surface area contributed by atoms with E-state index in [1.807, 2.05) is 18.2 Å². The van der Waals surface area contributed by atoms with Crippen LogP contribution in [0, 0.1) is 0 Å². The van der Waals surface area contributed by atoms with Gasteiger partial charge in [-0.2, -0.15) is 0 Å². The molecular weight excluding hydrogens is 370 g/mol. The van der Waals surface area contributed by atoms with Gasteiger partial charge in [-0.25, -0.2) is 0 Å². The fraction of sp³-hybridized carbons (Fsp3) is 0.222. The van der Waals surface area contributed by atoms with Gasteiger partial charge in [0.05, 0.1) is 7.11 Å². The number of fused-ring (bicyclic) bond motifs is 1. The van der Waals surface area contributed by atoms with Crippen LogP contribution in [0.5, 0.6) is 0 Å². The van der Waals surface area contributed by atoms with Crippen molar-refractivity contribution in [2.24, 2.45) is 0 Å². The summed E-state index contributed by atoms with van der Waals surface area (Å²) in [6.07, 6.45) is 3.28. The molecule has 3 rings (SSSR count). The van der Waals surface area contributed by atoms with Crippen LogP contribution in [0.1, 0.15) is 5.56 Å². The van der Waals surface area contributed by atoms with Gasteiger partial charge in [-0.3, -0.25) is 19.3 Å². The summed E-state index contributed by atoms with van der Waals surface area (Å²) >= 11 is 5.26. The molecule has 1 aromatic heterocycles. The molecule has 1 saturated heterocycles. The Balaban J connectivity index is 2.11. The Morgan fingerprint density at radius 1 is 1.26 bits per heavy atom. The highest BCUT2D eigenvalue weighted by molar-refractivity contribution is 7.80. The maximum absolute atomic E-state index is 12.6. The van der Waals surface area contributed by atoms with Gasteiger partial charge >= 0.3 is 11.9 Å². The number of likely N-dealkylation sites (N-methyl/N-ethyl adjacent to an activating group) is 1. The van der Waals surface area contributed by atoms with Crippen molar-refractivity contribution in [2.45, 2.75) is 6.54 Å². The summed E-state index contributed by atoms with van der Waals surface area (Å²) in [5.41, 5.74) is 1.61. The summed E-state index contributed by atoms with van der Waals surface area (Å²) in [5.74, 6) is -1.85. The predicted molar refractivity (Wildman–Crippen MR) is 102 cm³/mol. The number of esters is 1. The molecule has 1 fully saturated rings. The number of carbonyl (C=O) groups is 3. The molecule has 0 bridgehead atoms. The molecular formula is C18H17N3O5S. The number of rotatable bonds is 5. The van der Waals surface area contributed by atoms with E-state index in [0.717, 1.165) is 10.9 Å². The zero-order chi connectivity index (χ0) is 19.7. The topological polar surface area (TPSA) is 92.1 Å². The van der Waals surface area contributed by atoms with Gasteiger partial charge in [0.15, 0.2) is 5.11 Å². The highest BCUT2D eigenvalue weighted by atomic mass is 32.1. The van der Waals surface area contributed by atoms with Gasteiger partial charge < -0.3 is 19.3 Å². The minimum absolute atomic E-state index is 0.189. The lowest BCUT2D eigenvalue weighted by Gasteiger charge is -2.16. The standard InChI is InChI=1S/C18H17N3O5S/c1-19-17(25)14(21(18(19)27)10-16(24)26-2)7-11-8-20(9-15(22)23)13-6-4-3-5-12(11)13/h3-8H,9-10H2,1-2H3,(H,22,23)/b14-7-. The Hall–Kier alpha value is -3.20. The van der Waals surface area contributed by atoms with Gasteiger partial charge in [-0.15, -0.1) is 0 Å². The number of methoxy groups -OCH3 is 1. The average molecular weight is 387 g/mol. The summed E-state index contributed by atoms with van der Waals surface area (Å²) in [5, 5.41) is 10.1. The number of carbonyl (C=O) groups excluding carboxylic acids is 2. The highest BCUT2D eigenvalue weighted by Crippen LogP contribution is 2.27. The number of carboxylic acid groups (broad SMARTS) is 1. The Kier molecular flexibility index (Phi) is 4.95. The van der Waals surface area contributed by atoms with Crippen LogP contribution in [0.2, 0.25) is 0 Å². The number of hydrogen-bond acceptors (Lipinski definition) is 5. The van der Waals surface area contributed by atoms with Gasteiger partial charge in [0.1, 0.15) is 18.8 Å². The predicted octanol–water partition coefficient (Wildman–Crippen LogP) is 1.30. The Morgan fingerprint density at radius 2 is 1.96 bits per heavy atom. The first-order valence-electron chi connectivity index (χ1n) is 8.01. The number of para-hydroxylation sites is 1. The zero-order valence-electron chi connectivity index (χ0n) is 14.7. The molecule has 0 atom stereocenters. The van der Waals surface area contributed by atoms with Crippen LogP contribution in [0.15, 0.2) is 36.2 Å². The normalized spacial score (nSPS) is 15.9. The molecule has 140 valence electrons. The van der Waals surface area contributed by atoms with E-state index in [0.29, 0.717) is 5.56 Å². The van der Waals surface area contributed by atoms with E-state index in [9.17, 15) is 14.4 Å². The second-order valence-corrected chi connectivity index (χ2v) is 6.33. The molecule has 0 unspecified atom stereocenters. The van der Waals surface area contributed by atoms with Crippen molar-refractivity contribution in [3.63, 3.8) is 0 Å². The molecule has 1 aromatic carbocycles. The fourth-order valence-electron chi connectivity index (χ4n) is 2.96. The molecule has 1 amide bonds. The number of thiocarbonyl (C=S) groups is 1. The monoisotopic (exact) mass is 387 g/mol. The lowest BCUT2D eigenvalue weighted by atomic mass is 10.1. The largest absolute Gasteiger partial charge is 0.480 e. The number of benzene rings is 1. The van der Waals surface area contributed by atoms with Crippen molar-refractivity contribution in [3.8, 4) is 0 Å². The molecule has 1 aliphatic rings. The first kappa shape index (κ1) is 18.6. The van der Waals surface area contributed by atoms with Crippen LogP contribution in [0.3, 0.4) is 0 Å². The first-order chi connectivity index (χ1) is 12.8. The Morgan fingerprint density at radius 3 is 2.63 bits per heavy atom. The summed E-state index contributed by atoms with van der Waals surface area (Å²) in [4.78, 5) is 38.1. The lowest BCUT2D eigenvalue weighted by molar-refractivity contribution is -0.140. The van der Waals surface area contributed by atoms with Gasteiger partial charge in [0, 0.05) is 29.7 Å². The van der Waals surface area contributed by atoms with E-state index in [2.05, 4.69) is 4.74 Å². The molecule has 27 heavy (non-hydrogen) atoms. The number of nitrogens with zero attached hydrogens (tertiary/aromatic N) is 3. The number of aromatic nitrogens is 1. The second kappa shape index (κ2) is 7.20. The summed E-state index contributed by atoms with van der Waals surface area (Å²) in [6.45, 7) is -0.396. The first-order valence-corrected chi connectivity index (χ1v) is 8.42. The number of carboxylic acids is 1. The second-order valence-electron chi connectivity index (χ2n) is 5.96. The molecule has 0 spiro atoms. The van der Waals surface area contributed by atoms with Crippen molar-refractivity contribution in [1.29, 1.82) is 0 Å². The Labute approximate surface area is 160 Å². The van der Waals surface area contributed by atoms with Gasteiger partial charge in [0.25, 0.3) is 5.91 Å². The molecule has 8 nitrogen and oxygen atoms in total. The molecule has 2 heterocycles. The molecule has 0 aliphatic carbocycles. The van der Waals surface area contributed by atoms with Crippen LogP contribution in [0.25, 0.3) is 17.0 Å². The van der Waals surface area contributed by atoms with Gasteiger partial charge in [-0.05, 0) is 24.4 Å². The number of ether oxygens (including phenoxy) is 1. The smallest absolute Gasteiger partial charge is 0.325 e. The SMILES string of the molecule is COC(=O)CN1C(=S)N(C)C(=O)/C1=C/c1cn(CC(=O)O)c2ccccc12. The third-order valence-electron chi connectivity index (χ3n) is 4.26.